The van der Waals surface area contributed by atoms with Crippen LogP contribution >= 0.6 is 11.8 Å². The number of carboxylic acid groups (broad SMARTS) is 1. The Bertz CT molecular complexity index is 5280. The fourth-order valence-electron chi connectivity index (χ4n) is 15.2. The second-order valence-corrected chi connectivity index (χ2v) is 36.2. The van der Waals surface area contributed by atoms with Crippen LogP contribution in [0.5, 0.6) is 5.75 Å². The highest BCUT2D eigenvalue weighted by molar-refractivity contribution is 8.00. The number of aromatic amines is 1. The third kappa shape index (κ3) is 35.5. The Morgan fingerprint density at radius 2 is 0.950 bits per heavy atom. The Kier molecular flexibility index (Phi) is 44.1. The lowest BCUT2D eigenvalue weighted by Crippen LogP contribution is -2.62. The second kappa shape index (κ2) is 55.0. The number of likely N-dealkylation sites (N-methyl/N-ethyl adjacent to an activating group) is 2. The van der Waals surface area contributed by atoms with Gasteiger partial charge in [0.15, 0.2) is 5.96 Å². The van der Waals surface area contributed by atoms with Gasteiger partial charge in [0.2, 0.25) is 100 Å². The Hall–Kier alpha value is -14.6. The molecule has 5 aromatic carbocycles. The molecule has 0 saturated carbocycles. The van der Waals surface area contributed by atoms with Crippen LogP contribution in [0.25, 0.3) is 22.0 Å². The van der Waals surface area contributed by atoms with Gasteiger partial charge in [-0.05, 0) is 121 Å². The summed E-state index contributed by atoms with van der Waals surface area (Å²) in [6.45, 7) is 9.04. The van der Waals surface area contributed by atoms with Crippen LogP contribution in [0.2, 0.25) is 0 Å². The van der Waals surface area contributed by atoms with Crippen molar-refractivity contribution >= 4 is 135 Å². The molecule has 14 atom stereocenters. The number of carboxylic acids is 1. The molecule has 6 aromatic rings. The number of primary amides is 2. The lowest BCUT2D eigenvalue weighted by atomic mass is 9.98. The Balaban J connectivity index is 1.34. The molecule has 0 radical (unpaired) electrons. The van der Waals surface area contributed by atoms with Gasteiger partial charge >= 0.3 is 5.97 Å². The van der Waals surface area contributed by atoms with Crippen molar-refractivity contribution in [2.75, 3.05) is 51.8 Å². The number of aliphatic carboxylic acids is 1. The Labute approximate surface area is 808 Å². The van der Waals surface area contributed by atoms with Crippen molar-refractivity contribution in [3.8, 4) is 16.9 Å². The predicted octanol–water partition coefficient (Wildman–Crippen LogP) is -2.26. The largest absolute Gasteiger partial charge is 0.508 e. The average Bonchev–Trinajstić information content (AvgIpc) is 1.56. The molecule has 0 aliphatic carbocycles. The number of aliphatic hydroxyl groups is 1. The number of hydrogen-bond donors (Lipinski definition) is 23. The molecule has 1 aliphatic rings. The number of guanidine groups is 1. The highest BCUT2D eigenvalue weighted by atomic mass is 32.2. The standard InChI is InChI=1S/C95H130N22O21S/c1-51(2)40-67-87(131)114-80(53(5)6)92(136)112-72(48-118)89(133)113-73(81(125)103-47-76(98)121)49-139-50-77(122)104-65(36-37-75(97)120)83(127)108-68(42-57-30-34-61(119)35-31-57)85(129)110-71(45-78(123)124)86(130)109-70(44-60-46-102-63-25-17-16-24-62(60)63)88(132)115-79(52(3)4)91(135)111-69(41-56-28-32-59(33-29-56)58-22-14-11-15-23-58)84(128)106-66(26-18-38-96)94(138)116(8)54(7)93(137)117(9)74(43-55-20-12-10-13-21-55)90(134)105-64(82(126)107-67)27-19-39-101-95(99)100/h10-17,20-25,28-35,46,51-54,64-74,79-80,102,118-119H,18-19,26-27,36-45,47-50,96H2,1-9H3,(H2,97,120)(H2,98,121)(H,103,125)(H,104,122)(H,105,134)(H,106,128)(H,107,126)(H,108,127)(H,109,130)(H,110,129)(H,111,135)(H,112,136)(H,113,133)(H,114,131)(H,115,132)(H,123,124)(H4,99,100,101)/t54-,64-,65-,66-,67-,68-,69-,70-,71-,72-,73-,74-,79-,80-/m0/s1. The van der Waals surface area contributed by atoms with Gasteiger partial charge in [0, 0.05) is 75.6 Å². The second-order valence-electron chi connectivity index (χ2n) is 35.1. The number of nitrogens with zero attached hydrogens (tertiary/aromatic N) is 2. The number of aromatic nitrogens is 1. The van der Waals surface area contributed by atoms with E-state index in [-0.39, 0.29) is 81.7 Å². The van der Waals surface area contributed by atoms with E-state index in [1.54, 1.807) is 113 Å². The number of phenolic OH excluding ortho intramolecular Hbond substituents is 1. The van der Waals surface area contributed by atoms with Gasteiger partial charge in [-0.3, -0.25) is 91.7 Å². The number of nitrogens with two attached hydrogens (primary N) is 4. The first-order valence-corrected chi connectivity index (χ1v) is 46.8. The molecule has 2 heterocycles. The van der Waals surface area contributed by atoms with Gasteiger partial charge in [0.25, 0.3) is 0 Å². The van der Waals surface area contributed by atoms with E-state index < -0.39 is 259 Å². The Morgan fingerprint density at radius 3 is 1.50 bits per heavy atom. The van der Waals surface area contributed by atoms with Crippen molar-refractivity contribution in [2.24, 2.45) is 40.7 Å². The molecule has 27 N–H and O–H groups in total. The fraction of sp³-hybridized carbons (Fsp3) is 0.463. The first kappa shape index (κ1) is 111. The van der Waals surface area contributed by atoms with Gasteiger partial charge in [-0.25, -0.2) is 0 Å². The summed E-state index contributed by atoms with van der Waals surface area (Å²) in [5.74, 6) is -23.1. The minimum Gasteiger partial charge on any atom is -0.508 e. The van der Waals surface area contributed by atoms with Crippen molar-refractivity contribution < 1.29 is 102 Å². The molecular weight excluding hydrogens is 1820 g/mol. The summed E-state index contributed by atoms with van der Waals surface area (Å²) in [4.78, 5) is 266. The molecule has 0 spiro atoms. The number of phenols is 1. The molecular formula is C95H130N22O21S. The first-order valence-electron chi connectivity index (χ1n) is 45.7. The molecule has 17 amide bonds. The van der Waals surface area contributed by atoms with Crippen LogP contribution in [0, 0.1) is 23.2 Å². The lowest BCUT2D eigenvalue weighted by molar-refractivity contribution is -0.148. The topological polar surface area (TPSA) is 687 Å². The summed E-state index contributed by atoms with van der Waals surface area (Å²) in [6.07, 6.45) is -2.41. The SMILES string of the molecule is CC(C)C[C@@H]1NC(=O)[C@H](CCCNC(=N)N)NC(=O)[C@H](Cc2ccccc2)N(C)C(=O)[C@H](C)N(C)C(=O)[C@H](CCCN)NC(=O)[C@H](Cc2ccc(-c3ccccc3)cc2)NC(=O)[C@H](C(C)C)NC(=O)[C@H](Cc2c[nH]c3ccccc23)NC(=O)[C@H](CC(=O)O)NC(=O)[C@H](Cc2ccc(O)cc2)NC(=O)[C@H](CCC(N)=O)NC(=O)CSC[C@@H](C(=O)NCC(N)=O)NC(=O)[C@H](CO)NC(=O)[C@H](C(C)C)NC1=O. The van der Waals surface area contributed by atoms with Crippen LogP contribution in [0.1, 0.15) is 122 Å². The van der Waals surface area contributed by atoms with Gasteiger partial charge in [0.05, 0.1) is 25.3 Å². The smallest absolute Gasteiger partial charge is 0.305 e. The molecule has 0 unspecified atom stereocenters. The van der Waals surface area contributed by atoms with Gasteiger partial charge in [-0.15, -0.1) is 11.8 Å². The summed E-state index contributed by atoms with van der Waals surface area (Å²) in [7, 11) is 2.60. The van der Waals surface area contributed by atoms with E-state index in [0.29, 0.717) is 39.4 Å². The number of nitrogens with one attached hydrogen (secondary N) is 16. The van der Waals surface area contributed by atoms with Gasteiger partial charge in [-0.1, -0.05) is 157 Å². The minimum atomic E-state index is -2.11. The third-order valence-corrected chi connectivity index (χ3v) is 24.1. The highest BCUT2D eigenvalue weighted by Crippen LogP contribution is 2.25. The molecule has 139 heavy (non-hydrogen) atoms. The number of carbonyl (C=O) groups is 18. The summed E-state index contributed by atoms with van der Waals surface area (Å²) >= 11 is 0.636. The van der Waals surface area contributed by atoms with Crippen molar-refractivity contribution in [3.05, 3.63) is 162 Å². The number of H-pyrrole nitrogens is 1. The van der Waals surface area contributed by atoms with E-state index >= 15 is 43.2 Å². The van der Waals surface area contributed by atoms with E-state index in [2.05, 4.69) is 79.4 Å². The molecule has 1 fully saturated rings. The Morgan fingerprint density at radius 1 is 0.482 bits per heavy atom. The van der Waals surface area contributed by atoms with E-state index in [4.69, 9.17) is 28.3 Å². The summed E-state index contributed by atoms with van der Waals surface area (Å²) in [5.41, 5.74) is 26.5. The van der Waals surface area contributed by atoms with Crippen LogP contribution in [0.15, 0.2) is 140 Å². The molecule has 752 valence electrons. The van der Waals surface area contributed by atoms with Gasteiger partial charge < -0.3 is 127 Å². The number of hydrogen-bond acceptors (Lipinski definition) is 23. The molecule has 44 heteroatoms. The van der Waals surface area contributed by atoms with Gasteiger partial charge in [-0.2, -0.15) is 0 Å². The van der Waals surface area contributed by atoms with E-state index in [9.17, 15) is 58.5 Å². The zero-order valence-electron chi connectivity index (χ0n) is 79.1. The number of amides is 17. The zero-order valence-corrected chi connectivity index (χ0v) is 79.9. The first-order chi connectivity index (χ1) is 65.9. The monoisotopic (exact) mass is 1950 g/mol. The summed E-state index contributed by atoms with van der Waals surface area (Å²) in [6, 6.07) is 13.5. The lowest BCUT2D eigenvalue weighted by Gasteiger charge is -2.35. The molecule has 1 aromatic heterocycles. The number of aliphatic hydroxyl groups excluding tert-OH is 1. The van der Waals surface area contributed by atoms with Crippen LogP contribution in [-0.4, -0.2) is 279 Å². The summed E-state index contributed by atoms with van der Waals surface area (Å²) in [5, 5.41) is 75.8. The van der Waals surface area contributed by atoms with Crippen molar-refractivity contribution in [1.29, 1.82) is 5.41 Å². The van der Waals surface area contributed by atoms with Gasteiger partial charge in [0.1, 0.15) is 90.3 Å². The van der Waals surface area contributed by atoms with Crippen LogP contribution in [0.4, 0.5) is 0 Å². The average molecular weight is 1950 g/mol. The van der Waals surface area contributed by atoms with Crippen LogP contribution in [-0.2, 0) is 112 Å². The third-order valence-electron chi connectivity index (χ3n) is 23.1. The number of rotatable bonds is 29. The molecule has 1 saturated heterocycles. The number of para-hydroxylation sites is 1. The molecule has 0 bridgehead atoms. The van der Waals surface area contributed by atoms with E-state index in [0.717, 1.165) is 20.9 Å². The normalized spacial score (nSPS) is 22.8. The van der Waals surface area contributed by atoms with E-state index in [1.807, 2.05) is 30.3 Å². The highest BCUT2D eigenvalue weighted by Gasteiger charge is 2.42. The number of aromatic hydroxyl groups is 1. The number of carbonyl (C=O) groups excluding carboxylic acids is 17. The molecule has 43 nitrogen and oxygen atoms in total. The quantitative estimate of drug-likeness (QED) is 0.0134. The molecule has 7 rings (SSSR count). The van der Waals surface area contributed by atoms with Crippen LogP contribution in [0.3, 0.4) is 0 Å². The molecule has 1 aliphatic heterocycles. The van der Waals surface area contributed by atoms with Crippen molar-refractivity contribution in [2.45, 2.75) is 210 Å². The fourth-order valence-corrected chi connectivity index (χ4v) is 16.1. The number of fused-ring (bicyclic) bond motifs is 1. The maximum Gasteiger partial charge on any atom is 0.305 e. The number of benzene rings is 5. The number of thioether (sulfide) groups is 1. The van der Waals surface area contributed by atoms with Crippen LogP contribution < -0.4 is 97.4 Å². The van der Waals surface area contributed by atoms with E-state index in [1.165, 1.54) is 59.1 Å². The summed E-state index contributed by atoms with van der Waals surface area (Å²) < 4.78 is 0. The van der Waals surface area contributed by atoms with Crippen molar-refractivity contribution in [3.63, 3.8) is 0 Å². The zero-order chi connectivity index (χ0) is 102. The predicted molar refractivity (Wildman–Crippen MR) is 515 cm³/mol. The maximum atomic E-state index is 15.5. The van der Waals surface area contributed by atoms with Crippen molar-refractivity contribution in [1.82, 2.24) is 89.2 Å². The maximum absolute atomic E-state index is 15.5. The minimum absolute atomic E-state index is 0.00292.